The zero-order valence-corrected chi connectivity index (χ0v) is 14.9. The van der Waals surface area contributed by atoms with Crippen molar-refractivity contribution in [2.24, 2.45) is 0 Å². The molecule has 1 saturated heterocycles. The lowest BCUT2D eigenvalue weighted by Crippen LogP contribution is -2.40. The fraction of sp³-hybridized carbons (Fsp3) is 0.474. The van der Waals surface area contributed by atoms with Gasteiger partial charge in [-0.1, -0.05) is 13.0 Å². The van der Waals surface area contributed by atoms with Gasteiger partial charge in [-0.2, -0.15) is 0 Å². The molecule has 0 aromatic carbocycles. The molecule has 0 bridgehead atoms. The second-order valence-corrected chi connectivity index (χ2v) is 6.45. The van der Waals surface area contributed by atoms with Crippen molar-refractivity contribution < 1.29 is 4.79 Å². The first kappa shape index (κ1) is 17.3. The molecule has 25 heavy (non-hydrogen) atoms. The lowest BCUT2D eigenvalue weighted by Gasteiger charge is -2.35. The molecule has 3 heterocycles. The van der Waals surface area contributed by atoms with E-state index in [4.69, 9.17) is 0 Å². The second-order valence-electron chi connectivity index (χ2n) is 6.45. The van der Waals surface area contributed by atoms with Crippen LogP contribution < -0.4 is 10.2 Å². The summed E-state index contributed by atoms with van der Waals surface area (Å²) in [5.41, 5.74) is 2.05. The number of aryl methyl sites for hydroxylation is 1. The maximum atomic E-state index is 12.5. The Morgan fingerprint density at radius 3 is 2.96 bits per heavy atom. The van der Waals surface area contributed by atoms with Crippen LogP contribution in [0.1, 0.15) is 54.5 Å². The second kappa shape index (κ2) is 8.05. The number of carbonyl (C=O) groups excluding carboxylic acids is 1. The summed E-state index contributed by atoms with van der Waals surface area (Å²) in [7, 11) is 0. The lowest BCUT2D eigenvalue weighted by atomic mass is 10.0. The summed E-state index contributed by atoms with van der Waals surface area (Å²) in [5.74, 6) is 0.483. The first-order valence-corrected chi connectivity index (χ1v) is 8.98. The van der Waals surface area contributed by atoms with Gasteiger partial charge in [-0.3, -0.25) is 9.78 Å². The van der Waals surface area contributed by atoms with Crippen molar-refractivity contribution in [2.75, 3.05) is 11.4 Å². The molecule has 3 rings (SSSR count). The molecule has 1 aliphatic heterocycles. The number of amides is 1. The fourth-order valence-corrected chi connectivity index (χ4v) is 3.25. The maximum Gasteiger partial charge on any atom is 0.270 e. The molecule has 132 valence electrons. The van der Waals surface area contributed by atoms with Gasteiger partial charge in [0.1, 0.15) is 5.69 Å². The number of hydrogen-bond donors (Lipinski definition) is 1. The van der Waals surface area contributed by atoms with Crippen molar-refractivity contribution >= 4 is 11.9 Å². The predicted octanol–water partition coefficient (Wildman–Crippen LogP) is 2.88. The average Bonchev–Trinajstić information content (AvgIpc) is 2.66. The SMILES string of the molecule is CCC1CCCCN1c1nc(C)cc(C(=O)NCc2ccccn2)n1. The Morgan fingerprint density at radius 1 is 1.32 bits per heavy atom. The number of nitrogens with zero attached hydrogens (tertiary/aromatic N) is 4. The molecule has 6 heteroatoms. The van der Waals surface area contributed by atoms with Crippen LogP contribution in [0.15, 0.2) is 30.5 Å². The highest BCUT2D eigenvalue weighted by atomic mass is 16.1. The first-order valence-electron chi connectivity index (χ1n) is 8.98. The Kier molecular flexibility index (Phi) is 5.58. The van der Waals surface area contributed by atoms with Gasteiger partial charge in [0.2, 0.25) is 5.95 Å². The van der Waals surface area contributed by atoms with E-state index in [0.29, 0.717) is 24.2 Å². The van der Waals surface area contributed by atoms with Gasteiger partial charge in [0.25, 0.3) is 5.91 Å². The molecular formula is C19H25N5O. The molecule has 1 atom stereocenters. The highest BCUT2D eigenvalue weighted by Gasteiger charge is 2.24. The summed E-state index contributed by atoms with van der Waals surface area (Å²) in [6.45, 7) is 5.45. The summed E-state index contributed by atoms with van der Waals surface area (Å²) >= 11 is 0. The van der Waals surface area contributed by atoms with Crippen LogP contribution in [0.4, 0.5) is 5.95 Å². The molecule has 1 amide bonds. The van der Waals surface area contributed by atoms with Gasteiger partial charge in [-0.25, -0.2) is 9.97 Å². The molecule has 1 aliphatic rings. The minimum Gasteiger partial charge on any atom is -0.345 e. The Balaban J connectivity index is 1.75. The molecule has 6 nitrogen and oxygen atoms in total. The van der Waals surface area contributed by atoms with E-state index in [1.54, 1.807) is 12.3 Å². The molecule has 2 aromatic heterocycles. The summed E-state index contributed by atoms with van der Waals surface area (Å²) in [5, 5.41) is 2.89. The van der Waals surface area contributed by atoms with E-state index in [2.05, 4.69) is 32.1 Å². The molecule has 0 radical (unpaired) electrons. The van der Waals surface area contributed by atoms with Gasteiger partial charge in [-0.15, -0.1) is 0 Å². The van der Waals surface area contributed by atoms with Gasteiger partial charge < -0.3 is 10.2 Å². The number of aromatic nitrogens is 3. The van der Waals surface area contributed by atoms with Gasteiger partial charge in [-0.05, 0) is 50.8 Å². The van der Waals surface area contributed by atoms with E-state index < -0.39 is 0 Å². The number of anilines is 1. The van der Waals surface area contributed by atoms with Crippen LogP contribution in [0, 0.1) is 6.92 Å². The Labute approximate surface area is 148 Å². The molecule has 1 unspecified atom stereocenters. The van der Waals surface area contributed by atoms with E-state index in [0.717, 1.165) is 37.2 Å². The molecule has 0 aliphatic carbocycles. The third-order valence-corrected chi connectivity index (χ3v) is 4.59. The minimum atomic E-state index is -0.192. The van der Waals surface area contributed by atoms with Crippen LogP contribution in [0.2, 0.25) is 0 Å². The number of carbonyl (C=O) groups is 1. The predicted molar refractivity (Wildman–Crippen MR) is 97.5 cm³/mol. The van der Waals surface area contributed by atoms with Crippen molar-refractivity contribution in [2.45, 2.75) is 52.1 Å². The van der Waals surface area contributed by atoms with Gasteiger partial charge in [0.15, 0.2) is 0 Å². The van der Waals surface area contributed by atoms with E-state index in [-0.39, 0.29) is 5.91 Å². The third kappa shape index (κ3) is 4.32. The van der Waals surface area contributed by atoms with E-state index in [1.165, 1.54) is 6.42 Å². The number of hydrogen-bond acceptors (Lipinski definition) is 5. The van der Waals surface area contributed by atoms with Crippen molar-refractivity contribution in [3.05, 3.63) is 47.5 Å². The summed E-state index contributed by atoms with van der Waals surface area (Å²) in [4.78, 5) is 28.1. The molecular weight excluding hydrogens is 314 g/mol. The molecule has 0 saturated carbocycles. The van der Waals surface area contributed by atoms with Crippen LogP contribution in [-0.2, 0) is 6.54 Å². The van der Waals surface area contributed by atoms with E-state index >= 15 is 0 Å². The summed E-state index contributed by atoms with van der Waals surface area (Å²) in [6.07, 6.45) is 6.34. The number of rotatable bonds is 5. The van der Waals surface area contributed by atoms with Crippen molar-refractivity contribution in [1.29, 1.82) is 0 Å². The molecule has 2 aromatic rings. The first-order chi connectivity index (χ1) is 12.2. The fourth-order valence-electron chi connectivity index (χ4n) is 3.25. The Bertz CT molecular complexity index is 719. The van der Waals surface area contributed by atoms with Crippen molar-refractivity contribution in [3.8, 4) is 0 Å². The highest BCUT2D eigenvalue weighted by Crippen LogP contribution is 2.24. The van der Waals surface area contributed by atoms with Crippen molar-refractivity contribution in [3.63, 3.8) is 0 Å². The Hall–Kier alpha value is -2.50. The van der Waals surface area contributed by atoms with Gasteiger partial charge in [0, 0.05) is 24.5 Å². The Morgan fingerprint density at radius 2 is 2.20 bits per heavy atom. The number of nitrogens with one attached hydrogen (secondary N) is 1. The minimum absolute atomic E-state index is 0.192. The summed E-state index contributed by atoms with van der Waals surface area (Å²) < 4.78 is 0. The van der Waals surface area contributed by atoms with E-state index in [1.807, 2.05) is 25.1 Å². The largest absolute Gasteiger partial charge is 0.345 e. The lowest BCUT2D eigenvalue weighted by molar-refractivity contribution is 0.0945. The van der Waals surface area contributed by atoms with E-state index in [9.17, 15) is 4.79 Å². The quantitative estimate of drug-likeness (QED) is 0.907. The maximum absolute atomic E-state index is 12.5. The van der Waals surface area contributed by atoms with Crippen molar-refractivity contribution in [1.82, 2.24) is 20.3 Å². The zero-order chi connectivity index (χ0) is 17.6. The monoisotopic (exact) mass is 339 g/mol. The number of pyridine rings is 1. The molecule has 0 spiro atoms. The van der Waals surface area contributed by atoms with Crippen LogP contribution in [0.25, 0.3) is 0 Å². The smallest absolute Gasteiger partial charge is 0.270 e. The highest BCUT2D eigenvalue weighted by molar-refractivity contribution is 5.92. The number of piperidine rings is 1. The molecule has 1 N–H and O–H groups in total. The summed E-state index contributed by atoms with van der Waals surface area (Å²) in [6, 6.07) is 7.84. The standard InChI is InChI=1S/C19H25N5O/c1-3-16-9-5-7-11-24(16)19-22-14(2)12-17(23-19)18(25)21-13-15-8-4-6-10-20-15/h4,6,8,10,12,16H,3,5,7,9,11,13H2,1-2H3,(H,21,25). The van der Waals surface area contributed by atoms with Crippen LogP contribution >= 0.6 is 0 Å². The van der Waals surface area contributed by atoms with Gasteiger partial charge in [0.05, 0.1) is 12.2 Å². The topological polar surface area (TPSA) is 71.0 Å². The van der Waals surface area contributed by atoms with Gasteiger partial charge >= 0.3 is 0 Å². The molecule has 1 fully saturated rings. The third-order valence-electron chi connectivity index (χ3n) is 4.59. The zero-order valence-electron chi connectivity index (χ0n) is 14.9. The van der Waals surface area contributed by atoms with Crippen LogP contribution in [0.3, 0.4) is 0 Å². The van der Waals surface area contributed by atoms with Crippen LogP contribution in [-0.4, -0.2) is 33.4 Å². The van der Waals surface area contributed by atoms with Crippen LogP contribution in [0.5, 0.6) is 0 Å². The average molecular weight is 339 g/mol. The normalized spacial score (nSPS) is 17.4.